The molecule has 210 valence electrons. The molecule has 0 aliphatic heterocycles. The molecule has 0 heterocycles. The van der Waals surface area contributed by atoms with Crippen LogP contribution in [0.5, 0.6) is 0 Å². The molecule has 5 atom stereocenters. The van der Waals surface area contributed by atoms with E-state index in [4.69, 9.17) is 14.6 Å². The second kappa shape index (κ2) is 17.3. The lowest BCUT2D eigenvalue weighted by molar-refractivity contribution is -0.158. The van der Waals surface area contributed by atoms with Gasteiger partial charge in [0.05, 0.1) is 24.5 Å². The Morgan fingerprint density at radius 1 is 0.944 bits per heavy atom. The SMILES string of the molecule is CCCCN(C(=O)C[C@@H](OC)[C@H]([C@@H](C)CC)N(C)C(=O)CC(C)C)[C@H](OC)[C@@H](C)C(=O)NCC(=O)O. The molecule has 3 amide bonds. The van der Waals surface area contributed by atoms with E-state index in [9.17, 15) is 19.2 Å². The van der Waals surface area contributed by atoms with Gasteiger partial charge in [-0.15, -0.1) is 0 Å². The molecule has 0 fully saturated rings. The zero-order chi connectivity index (χ0) is 28.0. The third-order valence-corrected chi connectivity index (χ3v) is 6.59. The quantitative estimate of drug-likeness (QED) is 0.269. The van der Waals surface area contributed by atoms with Crippen molar-refractivity contribution in [3.05, 3.63) is 0 Å². The molecule has 0 aromatic heterocycles. The van der Waals surface area contributed by atoms with Crippen molar-refractivity contribution >= 4 is 23.7 Å². The average molecular weight is 516 g/mol. The maximum absolute atomic E-state index is 13.6. The van der Waals surface area contributed by atoms with Gasteiger partial charge in [0.15, 0.2) is 0 Å². The van der Waals surface area contributed by atoms with E-state index >= 15 is 0 Å². The first-order valence-electron chi connectivity index (χ1n) is 13.0. The summed E-state index contributed by atoms with van der Waals surface area (Å²) in [7, 11) is 4.73. The van der Waals surface area contributed by atoms with Gasteiger partial charge in [-0.1, -0.05) is 47.5 Å². The fourth-order valence-electron chi connectivity index (χ4n) is 4.31. The molecule has 0 spiro atoms. The van der Waals surface area contributed by atoms with Crippen molar-refractivity contribution in [3.63, 3.8) is 0 Å². The molecule has 10 heteroatoms. The Balaban J connectivity index is 5.93. The van der Waals surface area contributed by atoms with Gasteiger partial charge in [0.2, 0.25) is 17.7 Å². The second-order valence-corrected chi connectivity index (χ2v) is 9.92. The van der Waals surface area contributed by atoms with Crippen LogP contribution >= 0.6 is 0 Å². The number of hydrogen-bond acceptors (Lipinski definition) is 6. The monoisotopic (exact) mass is 515 g/mol. The van der Waals surface area contributed by atoms with Crippen molar-refractivity contribution in [2.45, 2.75) is 92.0 Å². The Hall–Kier alpha value is -2.20. The molecule has 0 bridgehead atoms. The average Bonchev–Trinajstić information content (AvgIpc) is 2.82. The van der Waals surface area contributed by atoms with E-state index in [-0.39, 0.29) is 36.1 Å². The van der Waals surface area contributed by atoms with Crippen molar-refractivity contribution in [1.29, 1.82) is 0 Å². The Labute approximate surface area is 217 Å². The van der Waals surface area contributed by atoms with Crippen LogP contribution in [0.2, 0.25) is 0 Å². The molecule has 0 rings (SSSR count). The normalized spacial score (nSPS) is 15.5. The van der Waals surface area contributed by atoms with Gasteiger partial charge >= 0.3 is 5.97 Å². The van der Waals surface area contributed by atoms with E-state index in [1.165, 1.54) is 12.0 Å². The lowest BCUT2D eigenvalue weighted by atomic mass is 9.90. The summed E-state index contributed by atoms with van der Waals surface area (Å²) in [5.41, 5.74) is 0. The van der Waals surface area contributed by atoms with Crippen molar-refractivity contribution in [1.82, 2.24) is 15.1 Å². The fourth-order valence-corrected chi connectivity index (χ4v) is 4.31. The number of nitrogens with zero attached hydrogens (tertiary/aromatic N) is 2. The summed E-state index contributed by atoms with van der Waals surface area (Å²) in [6.45, 7) is 11.5. The van der Waals surface area contributed by atoms with Gasteiger partial charge in [-0.05, 0) is 25.2 Å². The van der Waals surface area contributed by atoms with Crippen molar-refractivity contribution < 1.29 is 33.8 Å². The van der Waals surface area contributed by atoms with Crippen molar-refractivity contribution in [2.75, 3.05) is 34.4 Å². The number of likely N-dealkylation sites (N-methyl/N-ethyl adjacent to an activating group) is 1. The molecule has 0 saturated carbocycles. The third kappa shape index (κ3) is 10.8. The van der Waals surface area contributed by atoms with E-state index < -0.39 is 36.7 Å². The van der Waals surface area contributed by atoms with Crippen LogP contribution in [0.25, 0.3) is 0 Å². The molecule has 36 heavy (non-hydrogen) atoms. The molecular weight excluding hydrogens is 466 g/mol. The fraction of sp³-hybridized carbons (Fsp3) is 0.846. The lowest BCUT2D eigenvalue weighted by Crippen LogP contribution is -2.54. The van der Waals surface area contributed by atoms with E-state index in [1.807, 2.05) is 34.6 Å². The number of rotatable bonds is 18. The van der Waals surface area contributed by atoms with Gasteiger partial charge in [-0.25, -0.2) is 0 Å². The Bertz CT molecular complexity index is 701. The molecule has 10 nitrogen and oxygen atoms in total. The highest BCUT2D eigenvalue weighted by Gasteiger charge is 2.37. The molecule has 2 N–H and O–H groups in total. The van der Waals surface area contributed by atoms with E-state index in [1.54, 1.807) is 26.0 Å². The summed E-state index contributed by atoms with van der Waals surface area (Å²) in [5, 5.41) is 11.2. The van der Waals surface area contributed by atoms with Crippen molar-refractivity contribution in [3.8, 4) is 0 Å². The van der Waals surface area contributed by atoms with Gasteiger partial charge < -0.3 is 29.7 Å². The summed E-state index contributed by atoms with van der Waals surface area (Å²) >= 11 is 0. The van der Waals surface area contributed by atoms with Crippen LogP contribution in [0.4, 0.5) is 0 Å². The number of unbranched alkanes of at least 4 members (excludes halogenated alkanes) is 1. The number of aliphatic carboxylic acids is 1. The lowest BCUT2D eigenvalue weighted by Gasteiger charge is -2.40. The largest absolute Gasteiger partial charge is 0.480 e. The number of carboxylic acid groups (broad SMARTS) is 1. The minimum Gasteiger partial charge on any atom is -0.480 e. The topological polar surface area (TPSA) is 125 Å². The number of ether oxygens (including phenoxy) is 2. The number of hydrogen-bond donors (Lipinski definition) is 2. The highest BCUT2D eigenvalue weighted by atomic mass is 16.5. The van der Waals surface area contributed by atoms with Crippen molar-refractivity contribution in [2.24, 2.45) is 17.8 Å². The first kappa shape index (κ1) is 33.8. The summed E-state index contributed by atoms with van der Waals surface area (Å²) in [4.78, 5) is 53.2. The Morgan fingerprint density at radius 2 is 1.56 bits per heavy atom. The number of carboxylic acids is 1. The molecule has 0 aromatic rings. The van der Waals surface area contributed by atoms with Crippen LogP contribution in [0.1, 0.15) is 73.6 Å². The summed E-state index contributed by atoms with van der Waals surface area (Å²) in [5.74, 6) is -2.41. The highest BCUT2D eigenvalue weighted by molar-refractivity contribution is 5.84. The van der Waals surface area contributed by atoms with Crippen LogP contribution in [0.3, 0.4) is 0 Å². The molecule has 0 saturated heterocycles. The number of amides is 3. The van der Waals surface area contributed by atoms with Crippen LogP contribution < -0.4 is 5.32 Å². The van der Waals surface area contributed by atoms with Gasteiger partial charge in [-0.2, -0.15) is 0 Å². The maximum Gasteiger partial charge on any atom is 0.322 e. The molecule has 0 aliphatic carbocycles. The molecule has 0 aromatic carbocycles. The predicted octanol–water partition coefficient (Wildman–Crippen LogP) is 2.75. The van der Waals surface area contributed by atoms with Gasteiger partial charge in [-0.3, -0.25) is 19.2 Å². The number of carbonyl (C=O) groups is 4. The number of methoxy groups -OCH3 is 2. The van der Waals surface area contributed by atoms with Crippen LogP contribution in [0.15, 0.2) is 0 Å². The smallest absolute Gasteiger partial charge is 0.322 e. The maximum atomic E-state index is 13.6. The van der Waals surface area contributed by atoms with Crippen LogP contribution in [0, 0.1) is 17.8 Å². The first-order chi connectivity index (χ1) is 16.9. The highest BCUT2D eigenvalue weighted by Crippen LogP contribution is 2.25. The van der Waals surface area contributed by atoms with Gasteiger partial charge in [0.25, 0.3) is 0 Å². The van der Waals surface area contributed by atoms with Gasteiger partial charge in [0, 0.05) is 34.2 Å². The molecule has 0 unspecified atom stereocenters. The minimum absolute atomic E-state index is 0.00568. The number of nitrogens with one attached hydrogen (secondary N) is 1. The zero-order valence-corrected chi connectivity index (χ0v) is 23.7. The summed E-state index contributed by atoms with van der Waals surface area (Å²) in [6, 6.07) is -0.305. The number of carbonyl (C=O) groups excluding carboxylic acids is 3. The van der Waals surface area contributed by atoms with E-state index in [0.29, 0.717) is 19.4 Å². The standard InChI is InChI=1S/C26H49N3O7/c1-10-12-13-29(26(36-9)19(6)25(34)27-16-23(32)33)22(31)15-20(35-8)24(18(5)11-2)28(7)21(30)14-17(3)4/h17-20,24,26H,10-16H2,1-9H3,(H,27,34)(H,32,33)/t18-,19-,20+,24-,26+/m0/s1. The zero-order valence-electron chi connectivity index (χ0n) is 23.7. The van der Waals surface area contributed by atoms with Gasteiger partial charge in [0.1, 0.15) is 12.8 Å². The first-order valence-corrected chi connectivity index (χ1v) is 13.0. The molecular formula is C26H49N3O7. The summed E-state index contributed by atoms with van der Waals surface area (Å²) in [6.07, 6.45) is 1.33. The Kier molecular flexibility index (Phi) is 16.2. The third-order valence-electron chi connectivity index (χ3n) is 6.59. The minimum atomic E-state index is -1.15. The predicted molar refractivity (Wildman–Crippen MR) is 138 cm³/mol. The van der Waals surface area contributed by atoms with E-state index in [2.05, 4.69) is 5.32 Å². The molecule has 0 aliphatic rings. The van der Waals surface area contributed by atoms with Crippen LogP contribution in [-0.4, -0.2) is 91.3 Å². The molecule has 0 radical (unpaired) electrons. The summed E-state index contributed by atoms with van der Waals surface area (Å²) < 4.78 is 11.4. The van der Waals surface area contributed by atoms with Crippen LogP contribution in [-0.2, 0) is 28.7 Å². The second-order valence-electron chi connectivity index (χ2n) is 9.92. The Morgan fingerprint density at radius 3 is 2.00 bits per heavy atom. The van der Waals surface area contributed by atoms with E-state index in [0.717, 1.165) is 12.8 Å².